The lowest BCUT2D eigenvalue weighted by Crippen LogP contribution is -2.27. The van der Waals surface area contributed by atoms with Crippen molar-refractivity contribution in [3.05, 3.63) is 93.5 Å². The molecule has 0 saturated carbocycles. The summed E-state index contributed by atoms with van der Waals surface area (Å²) in [6.45, 7) is 0.198. The van der Waals surface area contributed by atoms with Gasteiger partial charge in [-0.15, -0.1) is 0 Å². The summed E-state index contributed by atoms with van der Waals surface area (Å²) in [5.74, 6) is 0.655. The number of thiocarbonyl (C=S) groups is 1. The number of carbonyl (C=O) groups is 2. The Morgan fingerprint density at radius 2 is 1.87 bits per heavy atom. The highest BCUT2D eigenvalue weighted by molar-refractivity contribution is 8.27. The Hall–Kier alpha value is -4.68. The van der Waals surface area contributed by atoms with Gasteiger partial charge in [0.25, 0.3) is 11.6 Å². The minimum Gasteiger partial charge on any atom is -0.454 e. The van der Waals surface area contributed by atoms with Gasteiger partial charge in [0.2, 0.25) is 12.7 Å². The van der Waals surface area contributed by atoms with Crippen molar-refractivity contribution in [3.8, 4) is 11.5 Å². The van der Waals surface area contributed by atoms with Crippen molar-refractivity contribution in [2.24, 2.45) is 0 Å². The smallest absolute Gasteiger partial charge is 0.270 e. The largest absolute Gasteiger partial charge is 0.454 e. The molecule has 3 aromatic carbocycles. The first kappa shape index (κ1) is 24.6. The number of benzene rings is 3. The van der Waals surface area contributed by atoms with E-state index in [9.17, 15) is 19.7 Å². The number of aromatic nitrogens is 1. The Kier molecular flexibility index (Phi) is 6.25. The summed E-state index contributed by atoms with van der Waals surface area (Å²) in [6, 6.07) is 18.5. The van der Waals surface area contributed by atoms with Crippen LogP contribution in [-0.2, 0) is 16.1 Å². The highest BCUT2D eigenvalue weighted by Crippen LogP contribution is 2.38. The lowest BCUT2D eigenvalue weighted by atomic mass is 10.1. The average molecular weight is 559 g/mol. The molecule has 0 spiro atoms. The number of nitro benzene ring substituents is 1. The van der Waals surface area contributed by atoms with Gasteiger partial charge in [0, 0.05) is 46.5 Å². The van der Waals surface area contributed by atoms with Crippen molar-refractivity contribution in [1.82, 2.24) is 4.57 Å². The highest BCUT2D eigenvalue weighted by atomic mass is 32.2. The molecule has 0 aliphatic carbocycles. The van der Waals surface area contributed by atoms with Gasteiger partial charge in [-0.2, -0.15) is 0 Å². The maximum absolute atomic E-state index is 13.3. The molecule has 0 radical (unpaired) electrons. The lowest BCUT2D eigenvalue weighted by molar-refractivity contribution is -0.384. The number of hydrogen-bond acceptors (Lipinski definition) is 8. The predicted molar refractivity (Wildman–Crippen MR) is 152 cm³/mol. The third-order valence-electron chi connectivity index (χ3n) is 6.19. The fourth-order valence-electron chi connectivity index (χ4n) is 4.41. The molecule has 2 amide bonds. The summed E-state index contributed by atoms with van der Waals surface area (Å²) >= 11 is 6.60. The van der Waals surface area contributed by atoms with Crippen LogP contribution in [0.4, 0.5) is 17.1 Å². The van der Waals surface area contributed by atoms with Crippen LogP contribution in [0.3, 0.4) is 0 Å². The number of hydrogen-bond donors (Lipinski definition) is 1. The molecular weight excluding hydrogens is 540 g/mol. The van der Waals surface area contributed by atoms with E-state index in [-0.39, 0.29) is 30.8 Å². The SMILES string of the molecule is O=C(Cn1cc(/C=C2/SC(=S)N(c3ccc([N+](=O)[O-])cc3)C2=O)c2ccccc21)Nc1ccc2c(c1)OCO2. The molecular formula is C27H18N4O6S2. The monoisotopic (exact) mass is 558 g/mol. The molecule has 1 N–H and O–H groups in total. The molecule has 6 rings (SSSR count). The number of nitrogens with one attached hydrogen (secondary N) is 1. The van der Waals surface area contributed by atoms with Crippen molar-refractivity contribution >= 4 is 74.2 Å². The maximum Gasteiger partial charge on any atom is 0.270 e. The quantitative estimate of drug-likeness (QED) is 0.146. The Balaban J connectivity index is 1.25. The topological polar surface area (TPSA) is 116 Å². The minimum absolute atomic E-state index is 0.0482. The van der Waals surface area contributed by atoms with Crippen LogP contribution in [0.15, 0.2) is 77.8 Å². The van der Waals surface area contributed by atoms with E-state index in [1.165, 1.54) is 29.2 Å². The fourth-order valence-corrected chi connectivity index (χ4v) is 5.70. The number of amides is 2. The number of nitro groups is 1. The molecule has 0 bridgehead atoms. The number of para-hydroxylation sites is 1. The molecule has 0 atom stereocenters. The second kappa shape index (κ2) is 9.89. The van der Waals surface area contributed by atoms with E-state index >= 15 is 0 Å². The fraction of sp³-hybridized carbons (Fsp3) is 0.0741. The summed E-state index contributed by atoms with van der Waals surface area (Å²) in [5, 5.41) is 14.7. The number of non-ortho nitro benzene ring substituents is 1. The second-order valence-corrected chi connectivity index (χ2v) is 10.3. The van der Waals surface area contributed by atoms with Crippen LogP contribution < -0.4 is 19.7 Å². The van der Waals surface area contributed by atoms with E-state index in [1.54, 1.807) is 24.3 Å². The van der Waals surface area contributed by atoms with E-state index in [2.05, 4.69) is 5.32 Å². The van der Waals surface area contributed by atoms with Gasteiger partial charge in [-0.3, -0.25) is 24.6 Å². The Bertz CT molecular complexity index is 1710. The molecule has 2 aliphatic rings. The molecule has 4 aromatic rings. The van der Waals surface area contributed by atoms with E-state index in [4.69, 9.17) is 21.7 Å². The zero-order valence-corrected chi connectivity index (χ0v) is 21.7. The maximum atomic E-state index is 13.3. The second-order valence-electron chi connectivity index (χ2n) is 8.64. The van der Waals surface area contributed by atoms with Crippen molar-refractivity contribution in [2.75, 3.05) is 17.0 Å². The van der Waals surface area contributed by atoms with Gasteiger partial charge < -0.3 is 19.4 Å². The Labute approximate surface area is 230 Å². The normalized spacial score (nSPS) is 15.4. The summed E-state index contributed by atoms with van der Waals surface area (Å²) < 4.78 is 12.8. The van der Waals surface area contributed by atoms with E-state index in [0.29, 0.717) is 32.1 Å². The van der Waals surface area contributed by atoms with Crippen LogP contribution in [0.25, 0.3) is 17.0 Å². The van der Waals surface area contributed by atoms with Gasteiger partial charge in [0.15, 0.2) is 15.8 Å². The summed E-state index contributed by atoms with van der Waals surface area (Å²) in [5.41, 5.74) is 2.56. The standard InChI is InChI=1S/C27H18N4O6S2/c32-25(28-17-5-10-22-23(12-17)37-15-36-22)14-29-13-16(20-3-1-2-4-21(20)29)11-24-26(33)30(27(38)39-24)18-6-8-19(9-7-18)31(34)35/h1-13H,14-15H2,(H,28,32)/b24-11+. The first-order chi connectivity index (χ1) is 18.9. The zero-order chi connectivity index (χ0) is 27.1. The van der Waals surface area contributed by atoms with Gasteiger partial charge in [-0.05, 0) is 36.4 Å². The van der Waals surface area contributed by atoms with Crippen molar-refractivity contribution in [3.63, 3.8) is 0 Å². The molecule has 1 saturated heterocycles. The van der Waals surface area contributed by atoms with Crippen LogP contribution in [0.5, 0.6) is 11.5 Å². The number of nitrogens with zero attached hydrogens (tertiary/aromatic N) is 3. The summed E-state index contributed by atoms with van der Waals surface area (Å²) in [7, 11) is 0. The molecule has 194 valence electrons. The number of anilines is 2. The number of ether oxygens (including phenoxy) is 2. The average Bonchev–Trinajstić information content (AvgIpc) is 3.60. The van der Waals surface area contributed by atoms with Gasteiger partial charge in [-0.25, -0.2) is 0 Å². The minimum atomic E-state index is -0.501. The molecule has 1 aromatic heterocycles. The third kappa shape index (κ3) is 4.71. The van der Waals surface area contributed by atoms with Crippen molar-refractivity contribution in [1.29, 1.82) is 0 Å². The van der Waals surface area contributed by atoms with Gasteiger partial charge in [0.05, 0.1) is 15.5 Å². The molecule has 3 heterocycles. The first-order valence-corrected chi connectivity index (χ1v) is 12.9. The third-order valence-corrected chi connectivity index (χ3v) is 7.49. The van der Waals surface area contributed by atoms with Gasteiger partial charge in [-0.1, -0.05) is 42.2 Å². The number of rotatable bonds is 6. The Morgan fingerprint density at radius 1 is 1.10 bits per heavy atom. The molecule has 2 aliphatic heterocycles. The zero-order valence-electron chi connectivity index (χ0n) is 20.0. The van der Waals surface area contributed by atoms with Crippen molar-refractivity contribution < 1.29 is 24.0 Å². The summed E-state index contributed by atoms with van der Waals surface area (Å²) in [4.78, 5) is 38.4. The predicted octanol–water partition coefficient (Wildman–Crippen LogP) is 5.32. The Morgan fingerprint density at radius 3 is 2.67 bits per heavy atom. The van der Waals surface area contributed by atoms with E-state index in [1.807, 2.05) is 35.0 Å². The lowest BCUT2D eigenvalue weighted by Gasteiger charge is -2.13. The molecule has 39 heavy (non-hydrogen) atoms. The summed E-state index contributed by atoms with van der Waals surface area (Å²) in [6.07, 6.45) is 3.57. The van der Waals surface area contributed by atoms with Crippen LogP contribution in [0.2, 0.25) is 0 Å². The highest BCUT2D eigenvalue weighted by Gasteiger charge is 2.33. The van der Waals surface area contributed by atoms with E-state index < -0.39 is 4.92 Å². The number of carbonyl (C=O) groups excluding carboxylic acids is 2. The first-order valence-electron chi connectivity index (χ1n) is 11.7. The van der Waals surface area contributed by atoms with Crippen LogP contribution >= 0.6 is 24.0 Å². The van der Waals surface area contributed by atoms with Crippen LogP contribution in [0.1, 0.15) is 5.56 Å². The number of thioether (sulfide) groups is 1. The van der Waals surface area contributed by atoms with Crippen molar-refractivity contribution in [2.45, 2.75) is 6.54 Å². The van der Waals surface area contributed by atoms with Gasteiger partial charge >= 0.3 is 0 Å². The number of fused-ring (bicyclic) bond motifs is 2. The molecule has 1 fully saturated rings. The molecule has 10 nitrogen and oxygen atoms in total. The van der Waals surface area contributed by atoms with Crippen LogP contribution in [0, 0.1) is 10.1 Å². The van der Waals surface area contributed by atoms with Gasteiger partial charge in [0.1, 0.15) is 6.54 Å². The molecule has 0 unspecified atom stereocenters. The molecule has 12 heteroatoms. The van der Waals surface area contributed by atoms with Crippen LogP contribution in [-0.4, -0.2) is 32.4 Å². The van der Waals surface area contributed by atoms with E-state index in [0.717, 1.165) is 28.2 Å².